The summed E-state index contributed by atoms with van der Waals surface area (Å²) in [4.78, 5) is 20.5. The molecule has 2 aromatic heterocycles. The second-order valence-electron chi connectivity index (χ2n) is 5.78. The standard InChI is InChI=1S/C15H20N4O2/c1-10-13(12-7-6-8-16-9-12)17-11(2)19(10)18-14(20)21-15(3,4)5/h6-9H,1-5H3,(H,18,20). The van der Waals surface area contributed by atoms with Crippen LogP contribution in [0.5, 0.6) is 0 Å². The number of hydrogen-bond donors (Lipinski definition) is 1. The molecule has 2 rings (SSSR count). The number of rotatable bonds is 2. The number of carbonyl (C=O) groups is 1. The molecule has 0 bridgehead atoms. The van der Waals surface area contributed by atoms with Crippen molar-refractivity contribution in [3.63, 3.8) is 0 Å². The van der Waals surface area contributed by atoms with Crippen molar-refractivity contribution in [2.24, 2.45) is 0 Å². The van der Waals surface area contributed by atoms with Crippen LogP contribution in [0, 0.1) is 13.8 Å². The molecule has 6 heteroatoms. The van der Waals surface area contributed by atoms with Gasteiger partial charge in [0.2, 0.25) is 0 Å². The third-order valence-electron chi connectivity index (χ3n) is 2.81. The predicted molar refractivity (Wildman–Crippen MR) is 80.5 cm³/mol. The minimum atomic E-state index is -0.543. The molecule has 6 nitrogen and oxygen atoms in total. The zero-order chi connectivity index (χ0) is 15.6. The topological polar surface area (TPSA) is 69.0 Å². The van der Waals surface area contributed by atoms with Crippen molar-refractivity contribution in [1.82, 2.24) is 14.6 Å². The summed E-state index contributed by atoms with van der Waals surface area (Å²) in [5, 5.41) is 0. The van der Waals surface area contributed by atoms with Gasteiger partial charge >= 0.3 is 6.09 Å². The number of carbonyl (C=O) groups excluding carboxylic acids is 1. The van der Waals surface area contributed by atoms with Crippen LogP contribution in [0.4, 0.5) is 4.79 Å². The van der Waals surface area contributed by atoms with Gasteiger partial charge in [-0.1, -0.05) is 0 Å². The molecular formula is C15H20N4O2. The van der Waals surface area contributed by atoms with E-state index >= 15 is 0 Å². The van der Waals surface area contributed by atoms with Crippen molar-refractivity contribution in [1.29, 1.82) is 0 Å². The highest BCUT2D eigenvalue weighted by Crippen LogP contribution is 2.21. The van der Waals surface area contributed by atoms with E-state index in [0.29, 0.717) is 5.82 Å². The number of amides is 1. The fourth-order valence-electron chi connectivity index (χ4n) is 1.97. The average Bonchev–Trinajstić information content (AvgIpc) is 2.66. The van der Waals surface area contributed by atoms with Crippen molar-refractivity contribution in [3.8, 4) is 11.3 Å². The molecule has 1 N–H and O–H groups in total. The van der Waals surface area contributed by atoms with Crippen LogP contribution < -0.4 is 5.43 Å². The van der Waals surface area contributed by atoms with Crippen LogP contribution in [0.2, 0.25) is 0 Å². The molecule has 112 valence electrons. The Morgan fingerprint density at radius 3 is 2.62 bits per heavy atom. The number of ether oxygens (including phenoxy) is 1. The Balaban J connectivity index is 2.26. The fraction of sp³-hybridized carbons (Fsp3) is 0.400. The fourth-order valence-corrected chi connectivity index (χ4v) is 1.97. The summed E-state index contributed by atoms with van der Waals surface area (Å²) < 4.78 is 6.88. The minimum absolute atomic E-state index is 0.510. The van der Waals surface area contributed by atoms with Crippen LogP contribution in [0.15, 0.2) is 24.5 Å². The van der Waals surface area contributed by atoms with Crippen LogP contribution in [-0.4, -0.2) is 26.3 Å². The van der Waals surface area contributed by atoms with Gasteiger partial charge in [-0.15, -0.1) is 0 Å². The number of nitrogens with zero attached hydrogens (tertiary/aromatic N) is 3. The Kier molecular flexibility index (Phi) is 3.97. The quantitative estimate of drug-likeness (QED) is 0.922. The molecule has 1 amide bonds. The summed E-state index contributed by atoms with van der Waals surface area (Å²) in [6, 6.07) is 3.78. The SMILES string of the molecule is Cc1nc(-c2cccnc2)c(C)n1NC(=O)OC(C)(C)C. The lowest BCUT2D eigenvalue weighted by Crippen LogP contribution is -2.32. The molecule has 2 aromatic rings. The molecule has 0 aliphatic rings. The van der Waals surface area contributed by atoms with Gasteiger partial charge in [0.1, 0.15) is 11.4 Å². The van der Waals surface area contributed by atoms with E-state index in [2.05, 4.69) is 15.4 Å². The molecule has 2 heterocycles. The summed E-state index contributed by atoms with van der Waals surface area (Å²) in [5.74, 6) is 0.678. The average molecular weight is 288 g/mol. The minimum Gasteiger partial charge on any atom is -0.443 e. The third-order valence-corrected chi connectivity index (χ3v) is 2.81. The van der Waals surface area contributed by atoms with Crippen LogP contribution >= 0.6 is 0 Å². The first kappa shape index (κ1) is 15.0. The first-order valence-electron chi connectivity index (χ1n) is 6.74. The molecule has 0 saturated heterocycles. The van der Waals surface area contributed by atoms with E-state index in [1.165, 1.54) is 0 Å². The normalized spacial score (nSPS) is 11.3. The van der Waals surface area contributed by atoms with Crippen LogP contribution in [-0.2, 0) is 4.74 Å². The highest BCUT2D eigenvalue weighted by Gasteiger charge is 2.19. The highest BCUT2D eigenvalue weighted by atomic mass is 16.6. The van der Waals surface area contributed by atoms with Crippen LogP contribution in [0.25, 0.3) is 11.3 Å². The molecule has 0 aliphatic heterocycles. The molecule has 0 aromatic carbocycles. The maximum Gasteiger partial charge on any atom is 0.427 e. The molecule has 0 aliphatic carbocycles. The van der Waals surface area contributed by atoms with Gasteiger partial charge in [-0.2, -0.15) is 0 Å². The van der Waals surface area contributed by atoms with Crippen LogP contribution in [0.1, 0.15) is 32.3 Å². The zero-order valence-corrected chi connectivity index (χ0v) is 13.0. The van der Waals surface area contributed by atoms with Gasteiger partial charge < -0.3 is 4.74 Å². The molecule has 21 heavy (non-hydrogen) atoms. The van der Waals surface area contributed by atoms with E-state index in [0.717, 1.165) is 17.0 Å². The number of hydrogen-bond acceptors (Lipinski definition) is 4. The van der Waals surface area contributed by atoms with Gasteiger partial charge in [-0.05, 0) is 46.8 Å². The molecular weight excluding hydrogens is 268 g/mol. The van der Waals surface area contributed by atoms with Gasteiger partial charge in [-0.3, -0.25) is 4.98 Å². The van der Waals surface area contributed by atoms with Gasteiger partial charge in [0.15, 0.2) is 0 Å². The van der Waals surface area contributed by atoms with E-state index in [4.69, 9.17) is 4.74 Å². The molecule has 0 spiro atoms. The van der Waals surface area contributed by atoms with Gasteiger partial charge in [0, 0.05) is 18.0 Å². The van der Waals surface area contributed by atoms with E-state index < -0.39 is 11.7 Å². The highest BCUT2D eigenvalue weighted by molar-refractivity contribution is 5.77. The molecule has 0 radical (unpaired) electrons. The van der Waals surface area contributed by atoms with Crippen molar-refractivity contribution >= 4 is 6.09 Å². The number of aromatic nitrogens is 3. The van der Waals surface area contributed by atoms with E-state index in [1.807, 2.05) is 46.8 Å². The molecule has 0 unspecified atom stereocenters. The zero-order valence-electron chi connectivity index (χ0n) is 13.0. The maximum atomic E-state index is 11.9. The summed E-state index contributed by atoms with van der Waals surface area (Å²) in [6.07, 6.45) is 2.94. The van der Waals surface area contributed by atoms with Crippen molar-refractivity contribution < 1.29 is 9.53 Å². The van der Waals surface area contributed by atoms with Gasteiger partial charge in [0.25, 0.3) is 0 Å². The first-order chi connectivity index (χ1) is 9.78. The Morgan fingerprint density at radius 1 is 1.33 bits per heavy atom. The lowest BCUT2D eigenvalue weighted by atomic mass is 10.2. The number of imidazole rings is 1. The second kappa shape index (κ2) is 5.55. The van der Waals surface area contributed by atoms with Crippen molar-refractivity contribution in [2.75, 3.05) is 5.43 Å². The summed E-state index contributed by atoms with van der Waals surface area (Å²) >= 11 is 0. The smallest absolute Gasteiger partial charge is 0.427 e. The Bertz CT molecular complexity index is 642. The van der Waals surface area contributed by atoms with Crippen molar-refractivity contribution in [2.45, 2.75) is 40.2 Å². The summed E-state index contributed by atoms with van der Waals surface area (Å²) in [5.41, 5.74) is 4.67. The Labute approximate surface area is 124 Å². The maximum absolute atomic E-state index is 11.9. The van der Waals surface area contributed by atoms with Gasteiger partial charge in [0.05, 0.1) is 11.4 Å². The summed E-state index contributed by atoms with van der Waals surface area (Å²) in [7, 11) is 0. The van der Waals surface area contributed by atoms with Crippen molar-refractivity contribution in [3.05, 3.63) is 36.0 Å². The van der Waals surface area contributed by atoms with E-state index in [1.54, 1.807) is 17.1 Å². The molecule has 0 saturated carbocycles. The van der Waals surface area contributed by atoms with Crippen LogP contribution in [0.3, 0.4) is 0 Å². The third kappa shape index (κ3) is 3.59. The van der Waals surface area contributed by atoms with E-state index in [-0.39, 0.29) is 0 Å². The number of pyridine rings is 1. The number of nitrogens with one attached hydrogen (secondary N) is 1. The van der Waals surface area contributed by atoms with Gasteiger partial charge in [-0.25, -0.2) is 19.9 Å². The molecule has 0 atom stereocenters. The largest absolute Gasteiger partial charge is 0.443 e. The Hall–Kier alpha value is -2.37. The monoisotopic (exact) mass is 288 g/mol. The molecule has 0 fully saturated rings. The van der Waals surface area contributed by atoms with E-state index in [9.17, 15) is 4.79 Å². The first-order valence-corrected chi connectivity index (χ1v) is 6.74. The predicted octanol–water partition coefficient (Wildman–Crippen LogP) is 3.04. The lowest BCUT2D eigenvalue weighted by Gasteiger charge is -2.20. The number of aryl methyl sites for hydroxylation is 1. The lowest BCUT2D eigenvalue weighted by molar-refractivity contribution is 0.0612. The Morgan fingerprint density at radius 2 is 2.05 bits per heavy atom. The second-order valence-corrected chi connectivity index (χ2v) is 5.78. The summed E-state index contributed by atoms with van der Waals surface area (Å²) in [6.45, 7) is 9.17.